The summed E-state index contributed by atoms with van der Waals surface area (Å²) in [5.41, 5.74) is 2.50. The van der Waals surface area contributed by atoms with Gasteiger partial charge in [0, 0.05) is 10.9 Å². The van der Waals surface area contributed by atoms with E-state index in [1.807, 2.05) is 6.07 Å². The van der Waals surface area contributed by atoms with Gasteiger partial charge in [-0.2, -0.15) is 0 Å². The molecular formula is C14H21NOS. The van der Waals surface area contributed by atoms with Gasteiger partial charge in [-0.25, -0.2) is 0 Å². The van der Waals surface area contributed by atoms with E-state index in [2.05, 4.69) is 38.2 Å². The molecule has 3 atom stereocenters. The molecule has 0 saturated carbocycles. The summed E-state index contributed by atoms with van der Waals surface area (Å²) >= 11 is 0. The number of hydrogen-bond acceptors (Lipinski definition) is 2. The highest BCUT2D eigenvalue weighted by molar-refractivity contribution is 7.86. The van der Waals surface area contributed by atoms with E-state index in [0.29, 0.717) is 0 Å². The van der Waals surface area contributed by atoms with Crippen LogP contribution in [0.25, 0.3) is 0 Å². The second-order valence-electron chi connectivity index (χ2n) is 4.70. The molecule has 0 saturated heterocycles. The average molecular weight is 251 g/mol. The minimum Gasteiger partial charge on any atom is -0.309 e. The van der Waals surface area contributed by atoms with Crippen LogP contribution in [0.5, 0.6) is 0 Å². The Morgan fingerprint density at radius 2 is 2.12 bits per heavy atom. The van der Waals surface area contributed by atoms with Gasteiger partial charge in [0.1, 0.15) is 0 Å². The predicted octanol–water partition coefficient (Wildman–Crippen LogP) is 2.94. The van der Waals surface area contributed by atoms with Crippen molar-refractivity contribution in [1.29, 1.82) is 0 Å². The van der Waals surface area contributed by atoms with Crippen molar-refractivity contribution in [1.82, 2.24) is 5.32 Å². The second kappa shape index (κ2) is 5.32. The Labute approximate surface area is 106 Å². The van der Waals surface area contributed by atoms with Crippen molar-refractivity contribution < 1.29 is 4.21 Å². The highest BCUT2D eigenvalue weighted by atomic mass is 32.2. The first-order valence-corrected chi connectivity index (χ1v) is 7.64. The van der Waals surface area contributed by atoms with Gasteiger partial charge in [0.2, 0.25) is 0 Å². The summed E-state index contributed by atoms with van der Waals surface area (Å²) < 4.78 is 12.5. The zero-order chi connectivity index (χ0) is 12.4. The van der Waals surface area contributed by atoms with E-state index in [1.54, 1.807) is 0 Å². The van der Waals surface area contributed by atoms with Crippen LogP contribution in [0.2, 0.25) is 0 Å². The fraction of sp³-hybridized carbons (Fsp3) is 0.571. The van der Waals surface area contributed by atoms with Gasteiger partial charge in [-0.05, 0) is 31.5 Å². The highest BCUT2D eigenvalue weighted by Crippen LogP contribution is 2.38. The molecule has 1 aromatic rings. The number of rotatable bonds is 4. The van der Waals surface area contributed by atoms with E-state index in [9.17, 15) is 4.21 Å². The maximum Gasteiger partial charge on any atom is 0.0590 e. The first-order chi connectivity index (χ1) is 8.19. The van der Waals surface area contributed by atoms with Crippen LogP contribution in [0.3, 0.4) is 0 Å². The number of fused-ring (bicyclic) bond motifs is 1. The third-order valence-electron chi connectivity index (χ3n) is 3.36. The van der Waals surface area contributed by atoms with Crippen molar-refractivity contribution in [3.8, 4) is 0 Å². The van der Waals surface area contributed by atoms with E-state index >= 15 is 0 Å². The SMILES string of the molecule is CCCC1C(NCC)c2cc(C)ccc2S1=O. The first-order valence-electron chi connectivity index (χ1n) is 6.43. The Bertz CT molecular complexity index is 430. The third kappa shape index (κ3) is 2.31. The predicted molar refractivity (Wildman–Crippen MR) is 72.7 cm³/mol. The van der Waals surface area contributed by atoms with Gasteiger partial charge in [0.25, 0.3) is 0 Å². The standard InChI is InChI=1S/C14H21NOS/c1-4-6-13-14(15-5-2)11-9-10(3)7-8-12(11)17(13)16/h7-9,13-15H,4-6H2,1-3H3. The summed E-state index contributed by atoms with van der Waals surface area (Å²) in [6.07, 6.45) is 2.11. The molecule has 0 fully saturated rings. The quantitative estimate of drug-likeness (QED) is 0.891. The Kier molecular flexibility index (Phi) is 4.00. The van der Waals surface area contributed by atoms with Crippen LogP contribution < -0.4 is 5.32 Å². The summed E-state index contributed by atoms with van der Waals surface area (Å²) in [7, 11) is -0.838. The molecule has 0 bridgehead atoms. The van der Waals surface area contributed by atoms with Crippen LogP contribution in [0.4, 0.5) is 0 Å². The van der Waals surface area contributed by atoms with E-state index < -0.39 is 10.8 Å². The smallest absolute Gasteiger partial charge is 0.0590 e. The fourth-order valence-corrected chi connectivity index (χ4v) is 4.49. The molecule has 2 rings (SSSR count). The van der Waals surface area contributed by atoms with E-state index in [0.717, 1.165) is 24.3 Å². The van der Waals surface area contributed by atoms with Crippen LogP contribution in [-0.4, -0.2) is 16.0 Å². The lowest BCUT2D eigenvalue weighted by Crippen LogP contribution is -2.29. The Morgan fingerprint density at radius 3 is 2.76 bits per heavy atom. The molecule has 3 heteroatoms. The van der Waals surface area contributed by atoms with Gasteiger partial charge in [0.15, 0.2) is 0 Å². The molecule has 94 valence electrons. The Hall–Kier alpha value is -0.670. The first kappa shape index (κ1) is 12.8. The number of aryl methyl sites for hydroxylation is 1. The Morgan fingerprint density at radius 1 is 1.35 bits per heavy atom. The van der Waals surface area contributed by atoms with E-state index in [1.165, 1.54) is 11.1 Å². The summed E-state index contributed by atoms with van der Waals surface area (Å²) in [6, 6.07) is 6.57. The molecule has 1 aromatic carbocycles. The minimum atomic E-state index is -0.838. The zero-order valence-electron chi connectivity index (χ0n) is 10.8. The van der Waals surface area contributed by atoms with Gasteiger partial charge in [-0.15, -0.1) is 0 Å². The number of benzene rings is 1. The van der Waals surface area contributed by atoms with Crippen molar-refractivity contribution in [2.45, 2.75) is 49.8 Å². The molecular weight excluding hydrogens is 230 g/mol. The lowest BCUT2D eigenvalue weighted by atomic mass is 9.99. The lowest BCUT2D eigenvalue weighted by molar-refractivity contribution is 0.506. The number of nitrogens with one attached hydrogen (secondary N) is 1. The largest absolute Gasteiger partial charge is 0.309 e. The van der Waals surface area contributed by atoms with Gasteiger partial charge >= 0.3 is 0 Å². The molecule has 0 radical (unpaired) electrons. The van der Waals surface area contributed by atoms with Crippen molar-refractivity contribution >= 4 is 10.8 Å². The summed E-state index contributed by atoms with van der Waals surface area (Å²) in [6.45, 7) is 7.29. The normalized spacial score (nSPS) is 27.1. The van der Waals surface area contributed by atoms with Crippen molar-refractivity contribution in [2.24, 2.45) is 0 Å². The molecule has 3 unspecified atom stereocenters. The molecule has 1 aliphatic rings. The third-order valence-corrected chi connectivity index (χ3v) is 5.22. The molecule has 0 aromatic heterocycles. The van der Waals surface area contributed by atoms with Crippen LogP contribution in [0, 0.1) is 6.92 Å². The molecule has 17 heavy (non-hydrogen) atoms. The van der Waals surface area contributed by atoms with Crippen LogP contribution in [-0.2, 0) is 10.8 Å². The monoisotopic (exact) mass is 251 g/mol. The maximum atomic E-state index is 12.5. The topological polar surface area (TPSA) is 29.1 Å². The van der Waals surface area contributed by atoms with Gasteiger partial charge in [-0.3, -0.25) is 4.21 Å². The van der Waals surface area contributed by atoms with Crippen LogP contribution >= 0.6 is 0 Å². The van der Waals surface area contributed by atoms with Crippen LogP contribution in [0.15, 0.2) is 23.1 Å². The molecule has 0 aliphatic carbocycles. The van der Waals surface area contributed by atoms with Gasteiger partial charge < -0.3 is 5.32 Å². The molecule has 1 aliphatic heterocycles. The molecule has 2 nitrogen and oxygen atoms in total. The summed E-state index contributed by atoms with van der Waals surface area (Å²) in [4.78, 5) is 1.04. The van der Waals surface area contributed by atoms with E-state index in [-0.39, 0.29) is 11.3 Å². The molecule has 0 spiro atoms. The molecule has 1 N–H and O–H groups in total. The van der Waals surface area contributed by atoms with Crippen molar-refractivity contribution in [2.75, 3.05) is 6.54 Å². The Balaban J connectivity index is 2.40. The van der Waals surface area contributed by atoms with Crippen molar-refractivity contribution in [3.05, 3.63) is 29.3 Å². The fourth-order valence-electron chi connectivity index (χ4n) is 2.60. The van der Waals surface area contributed by atoms with Gasteiger partial charge in [0.05, 0.1) is 16.0 Å². The summed E-state index contributed by atoms with van der Waals surface area (Å²) in [5.74, 6) is 0. The summed E-state index contributed by atoms with van der Waals surface area (Å²) in [5, 5.41) is 3.75. The lowest BCUT2D eigenvalue weighted by Gasteiger charge is -2.19. The zero-order valence-corrected chi connectivity index (χ0v) is 11.6. The average Bonchev–Trinajstić information content (AvgIpc) is 2.55. The van der Waals surface area contributed by atoms with Gasteiger partial charge in [-0.1, -0.05) is 38.0 Å². The molecule has 1 heterocycles. The van der Waals surface area contributed by atoms with Crippen LogP contribution in [0.1, 0.15) is 43.9 Å². The molecule has 0 amide bonds. The highest BCUT2D eigenvalue weighted by Gasteiger charge is 2.37. The minimum absolute atomic E-state index is 0.247. The second-order valence-corrected chi connectivity index (χ2v) is 6.34. The van der Waals surface area contributed by atoms with Crippen molar-refractivity contribution in [3.63, 3.8) is 0 Å². The van der Waals surface area contributed by atoms with E-state index in [4.69, 9.17) is 0 Å². The maximum absolute atomic E-state index is 12.5. The number of hydrogen-bond donors (Lipinski definition) is 1.